The fourth-order valence-corrected chi connectivity index (χ4v) is 3.13. The number of rotatable bonds is 7. The first kappa shape index (κ1) is 17.7. The maximum atomic E-state index is 9.56. The second-order valence-corrected chi connectivity index (χ2v) is 6.56. The quantitative estimate of drug-likeness (QED) is 0.579. The van der Waals surface area contributed by atoms with Gasteiger partial charge in [-0.3, -0.25) is 0 Å². The highest BCUT2D eigenvalue weighted by Gasteiger charge is 2.23. The highest BCUT2D eigenvalue weighted by Crippen LogP contribution is 2.38. The van der Waals surface area contributed by atoms with E-state index in [1.807, 2.05) is 38.1 Å². The van der Waals surface area contributed by atoms with E-state index < -0.39 is 5.54 Å². The lowest BCUT2D eigenvalue weighted by molar-refractivity contribution is 0.103. The van der Waals surface area contributed by atoms with E-state index in [-0.39, 0.29) is 13.2 Å². The van der Waals surface area contributed by atoms with Crippen LogP contribution >= 0.6 is 0 Å². The maximum Gasteiger partial charge on any atom is 0.134 e. The molecule has 132 valence electrons. The molecular formula is C21H25NO3. The average molecular weight is 339 g/mol. The van der Waals surface area contributed by atoms with Crippen LogP contribution < -0.4 is 10.1 Å². The van der Waals surface area contributed by atoms with Gasteiger partial charge in [-0.25, -0.2) is 0 Å². The largest absolute Gasteiger partial charge is 0.493 e. The topological polar surface area (TPSA) is 61.7 Å². The zero-order valence-corrected chi connectivity index (χ0v) is 14.7. The molecule has 0 aliphatic heterocycles. The summed E-state index contributed by atoms with van der Waals surface area (Å²) in [6, 6.07) is 16.4. The number of ether oxygens (including phenoxy) is 1. The van der Waals surface area contributed by atoms with E-state index >= 15 is 0 Å². The highest BCUT2D eigenvalue weighted by molar-refractivity contribution is 6.08. The van der Waals surface area contributed by atoms with Crippen LogP contribution in [-0.4, -0.2) is 35.6 Å². The lowest BCUT2D eigenvalue weighted by Crippen LogP contribution is -2.48. The van der Waals surface area contributed by atoms with Crippen molar-refractivity contribution in [3.63, 3.8) is 0 Å². The molecule has 0 unspecified atom stereocenters. The predicted molar refractivity (Wildman–Crippen MR) is 102 cm³/mol. The lowest BCUT2D eigenvalue weighted by Gasteiger charge is -2.27. The number of fused-ring (bicyclic) bond motifs is 2. The molecule has 3 rings (SSSR count). The summed E-state index contributed by atoms with van der Waals surface area (Å²) in [6.45, 7) is 4.70. The molecule has 0 atom stereocenters. The maximum absolute atomic E-state index is 9.56. The van der Waals surface area contributed by atoms with Crippen molar-refractivity contribution in [2.75, 3.05) is 19.8 Å². The van der Waals surface area contributed by atoms with E-state index in [0.29, 0.717) is 13.2 Å². The Labute approximate surface area is 148 Å². The third-order valence-corrected chi connectivity index (χ3v) is 4.67. The van der Waals surface area contributed by atoms with Crippen LogP contribution in [0, 0.1) is 0 Å². The fraction of sp³-hybridized carbons (Fsp3) is 0.333. The summed E-state index contributed by atoms with van der Waals surface area (Å²) in [5.74, 6) is 0.907. The van der Waals surface area contributed by atoms with Gasteiger partial charge in [0.1, 0.15) is 5.75 Å². The van der Waals surface area contributed by atoms with Gasteiger partial charge in [0.15, 0.2) is 0 Å². The van der Waals surface area contributed by atoms with Gasteiger partial charge in [0, 0.05) is 17.3 Å². The second kappa shape index (κ2) is 7.40. The second-order valence-electron chi connectivity index (χ2n) is 6.56. The first-order valence-corrected chi connectivity index (χ1v) is 8.65. The SMILES string of the molecule is CCOc1c2ccccc2c(CNC(C)(CO)CO)c2ccccc12. The molecule has 0 aromatic heterocycles. The first-order valence-electron chi connectivity index (χ1n) is 8.65. The lowest BCUT2D eigenvalue weighted by atomic mass is 9.94. The van der Waals surface area contributed by atoms with Gasteiger partial charge < -0.3 is 20.3 Å². The van der Waals surface area contributed by atoms with E-state index in [2.05, 4.69) is 29.6 Å². The van der Waals surface area contributed by atoms with Crippen molar-refractivity contribution in [3.8, 4) is 5.75 Å². The summed E-state index contributed by atoms with van der Waals surface area (Å²) < 4.78 is 5.97. The Hall–Kier alpha value is -2.14. The number of hydrogen-bond donors (Lipinski definition) is 3. The molecule has 0 amide bonds. The minimum Gasteiger partial charge on any atom is -0.493 e. The van der Waals surface area contributed by atoms with Gasteiger partial charge in [-0.1, -0.05) is 48.5 Å². The van der Waals surface area contributed by atoms with Crippen molar-refractivity contribution in [2.45, 2.75) is 25.9 Å². The Morgan fingerprint density at radius 1 is 0.880 bits per heavy atom. The molecule has 3 N–H and O–H groups in total. The fourth-order valence-electron chi connectivity index (χ4n) is 3.13. The van der Waals surface area contributed by atoms with Gasteiger partial charge in [-0.05, 0) is 30.2 Å². The monoisotopic (exact) mass is 339 g/mol. The zero-order valence-electron chi connectivity index (χ0n) is 14.7. The predicted octanol–water partition coefficient (Wildman–Crippen LogP) is 3.22. The first-order chi connectivity index (χ1) is 12.1. The molecule has 0 aliphatic rings. The molecule has 0 heterocycles. The molecule has 4 heteroatoms. The highest BCUT2D eigenvalue weighted by atomic mass is 16.5. The summed E-state index contributed by atoms with van der Waals surface area (Å²) in [7, 11) is 0. The molecule has 0 fully saturated rings. The number of aliphatic hydroxyl groups excluding tert-OH is 2. The molecule has 25 heavy (non-hydrogen) atoms. The van der Waals surface area contributed by atoms with Crippen LogP contribution in [0.2, 0.25) is 0 Å². The number of benzene rings is 3. The Morgan fingerprint density at radius 2 is 1.36 bits per heavy atom. The molecule has 0 spiro atoms. The summed E-state index contributed by atoms with van der Waals surface area (Å²) in [4.78, 5) is 0. The van der Waals surface area contributed by atoms with Crippen molar-refractivity contribution in [2.24, 2.45) is 0 Å². The van der Waals surface area contributed by atoms with Crippen LogP contribution in [0.25, 0.3) is 21.5 Å². The van der Waals surface area contributed by atoms with E-state index in [0.717, 1.165) is 32.9 Å². The van der Waals surface area contributed by atoms with Gasteiger partial charge in [0.2, 0.25) is 0 Å². The van der Waals surface area contributed by atoms with Crippen LogP contribution in [0.15, 0.2) is 48.5 Å². The van der Waals surface area contributed by atoms with Gasteiger partial charge in [0.25, 0.3) is 0 Å². The van der Waals surface area contributed by atoms with E-state index in [1.54, 1.807) is 0 Å². The minimum absolute atomic E-state index is 0.129. The molecule has 0 saturated carbocycles. The van der Waals surface area contributed by atoms with Crippen molar-refractivity contribution in [1.29, 1.82) is 0 Å². The van der Waals surface area contributed by atoms with Crippen LogP contribution in [0.3, 0.4) is 0 Å². The van der Waals surface area contributed by atoms with Crippen molar-refractivity contribution in [1.82, 2.24) is 5.32 Å². The van der Waals surface area contributed by atoms with Gasteiger partial charge in [-0.15, -0.1) is 0 Å². The standard InChI is InChI=1S/C21H25NO3/c1-3-25-20-17-10-6-4-8-15(17)19(12-22-21(2,13-23)14-24)16-9-5-7-11-18(16)20/h4-11,22-24H,3,12-14H2,1-2H3. The summed E-state index contributed by atoms with van der Waals surface area (Å²) in [6.07, 6.45) is 0. The van der Waals surface area contributed by atoms with E-state index in [4.69, 9.17) is 4.74 Å². The molecule has 0 aliphatic carbocycles. The summed E-state index contributed by atoms with van der Waals surface area (Å²) in [5.41, 5.74) is 0.420. The summed E-state index contributed by atoms with van der Waals surface area (Å²) in [5, 5.41) is 26.8. The smallest absolute Gasteiger partial charge is 0.134 e. The molecule has 3 aromatic rings. The Balaban J connectivity index is 2.21. The van der Waals surface area contributed by atoms with E-state index in [1.165, 1.54) is 0 Å². The number of nitrogens with one attached hydrogen (secondary N) is 1. The van der Waals surface area contributed by atoms with E-state index in [9.17, 15) is 10.2 Å². The van der Waals surface area contributed by atoms with Gasteiger partial charge in [0.05, 0.1) is 25.4 Å². The van der Waals surface area contributed by atoms with Gasteiger partial charge in [-0.2, -0.15) is 0 Å². The normalized spacial score (nSPS) is 12.0. The third-order valence-electron chi connectivity index (χ3n) is 4.67. The molecule has 0 bridgehead atoms. The minimum atomic E-state index is -0.721. The number of aliphatic hydroxyl groups is 2. The molecular weight excluding hydrogens is 314 g/mol. The van der Waals surface area contributed by atoms with Crippen LogP contribution in [0.1, 0.15) is 19.4 Å². The Bertz CT molecular complexity index is 815. The molecule has 4 nitrogen and oxygen atoms in total. The van der Waals surface area contributed by atoms with Crippen LogP contribution in [-0.2, 0) is 6.54 Å². The molecule has 3 aromatic carbocycles. The zero-order chi connectivity index (χ0) is 17.9. The van der Waals surface area contributed by atoms with Crippen molar-refractivity contribution in [3.05, 3.63) is 54.1 Å². The summed E-state index contributed by atoms with van der Waals surface area (Å²) >= 11 is 0. The van der Waals surface area contributed by atoms with Gasteiger partial charge >= 0.3 is 0 Å². The molecule has 0 saturated heterocycles. The Morgan fingerprint density at radius 3 is 1.80 bits per heavy atom. The number of hydrogen-bond acceptors (Lipinski definition) is 4. The molecule has 0 radical (unpaired) electrons. The third kappa shape index (κ3) is 3.33. The van der Waals surface area contributed by atoms with Crippen LogP contribution in [0.4, 0.5) is 0 Å². The Kier molecular flexibility index (Phi) is 5.23. The van der Waals surface area contributed by atoms with Crippen LogP contribution in [0.5, 0.6) is 5.75 Å². The average Bonchev–Trinajstić information content (AvgIpc) is 2.67. The van der Waals surface area contributed by atoms with Crippen molar-refractivity contribution >= 4 is 21.5 Å². The van der Waals surface area contributed by atoms with Crippen molar-refractivity contribution < 1.29 is 14.9 Å².